The van der Waals surface area contributed by atoms with Gasteiger partial charge < -0.3 is 16.0 Å². The SMILES string of the molecule is CN=C(NCCCCNc1ccccn1)NCCc1ccccn1. The van der Waals surface area contributed by atoms with Crippen LogP contribution in [0.25, 0.3) is 0 Å². The zero-order valence-electron chi connectivity index (χ0n) is 14.2. The van der Waals surface area contributed by atoms with E-state index in [1.54, 1.807) is 13.2 Å². The number of hydrogen-bond acceptors (Lipinski definition) is 4. The highest BCUT2D eigenvalue weighted by molar-refractivity contribution is 5.79. The Kier molecular flexibility index (Phi) is 8.11. The van der Waals surface area contributed by atoms with Gasteiger partial charge in [0.15, 0.2) is 5.96 Å². The van der Waals surface area contributed by atoms with Crippen LogP contribution in [0.3, 0.4) is 0 Å². The summed E-state index contributed by atoms with van der Waals surface area (Å²) in [5.74, 6) is 1.76. The van der Waals surface area contributed by atoms with Crippen LogP contribution in [-0.2, 0) is 6.42 Å². The zero-order valence-corrected chi connectivity index (χ0v) is 14.2. The Morgan fingerprint density at radius 3 is 2.38 bits per heavy atom. The average Bonchev–Trinajstić information content (AvgIpc) is 2.64. The van der Waals surface area contributed by atoms with E-state index in [0.717, 1.165) is 56.4 Å². The van der Waals surface area contributed by atoms with E-state index in [4.69, 9.17) is 0 Å². The van der Waals surface area contributed by atoms with Gasteiger partial charge in [-0.05, 0) is 37.1 Å². The molecule has 0 atom stereocenters. The molecule has 24 heavy (non-hydrogen) atoms. The zero-order chi connectivity index (χ0) is 16.9. The first kappa shape index (κ1) is 17.7. The molecule has 0 saturated heterocycles. The van der Waals surface area contributed by atoms with Gasteiger partial charge >= 0.3 is 0 Å². The number of nitrogens with zero attached hydrogens (tertiary/aromatic N) is 3. The lowest BCUT2D eigenvalue weighted by molar-refractivity contribution is 0.709. The molecule has 0 aliphatic carbocycles. The Bertz CT molecular complexity index is 585. The lowest BCUT2D eigenvalue weighted by atomic mass is 10.3. The second-order valence-corrected chi connectivity index (χ2v) is 5.35. The van der Waals surface area contributed by atoms with Crippen LogP contribution >= 0.6 is 0 Å². The molecule has 0 aliphatic rings. The molecule has 128 valence electrons. The average molecular weight is 326 g/mol. The van der Waals surface area contributed by atoms with E-state index < -0.39 is 0 Å². The first-order chi connectivity index (χ1) is 11.9. The number of pyridine rings is 2. The lowest BCUT2D eigenvalue weighted by Crippen LogP contribution is -2.38. The molecule has 2 aromatic heterocycles. The number of anilines is 1. The van der Waals surface area contributed by atoms with Crippen molar-refractivity contribution in [2.75, 3.05) is 32.0 Å². The van der Waals surface area contributed by atoms with Crippen LogP contribution in [0.1, 0.15) is 18.5 Å². The Balaban J connectivity index is 1.52. The van der Waals surface area contributed by atoms with Crippen LogP contribution in [0, 0.1) is 0 Å². The van der Waals surface area contributed by atoms with Gasteiger partial charge in [-0.25, -0.2) is 4.98 Å². The molecule has 0 unspecified atom stereocenters. The second kappa shape index (κ2) is 11.0. The lowest BCUT2D eigenvalue weighted by Gasteiger charge is -2.12. The van der Waals surface area contributed by atoms with Crippen LogP contribution in [0.2, 0.25) is 0 Å². The van der Waals surface area contributed by atoms with Gasteiger partial charge in [0.25, 0.3) is 0 Å². The van der Waals surface area contributed by atoms with Crippen molar-refractivity contribution in [1.29, 1.82) is 0 Å². The third-order valence-corrected chi connectivity index (χ3v) is 3.49. The number of aromatic nitrogens is 2. The van der Waals surface area contributed by atoms with Gasteiger partial charge in [0, 0.05) is 51.2 Å². The molecule has 3 N–H and O–H groups in total. The standard InChI is InChI=1S/C18H26N6/c1-19-18(24-15-10-16-8-2-4-11-20-16)23-14-7-6-13-22-17-9-3-5-12-21-17/h2-5,8-9,11-12H,6-7,10,13-15H2,1H3,(H,21,22)(H2,19,23,24). The van der Waals surface area contributed by atoms with Crippen molar-refractivity contribution in [3.8, 4) is 0 Å². The summed E-state index contributed by atoms with van der Waals surface area (Å²) < 4.78 is 0. The van der Waals surface area contributed by atoms with Gasteiger partial charge in [0.1, 0.15) is 5.82 Å². The van der Waals surface area contributed by atoms with Crippen LogP contribution in [-0.4, -0.2) is 42.6 Å². The van der Waals surface area contributed by atoms with E-state index in [2.05, 4.69) is 30.9 Å². The maximum Gasteiger partial charge on any atom is 0.190 e. The van der Waals surface area contributed by atoms with Crippen molar-refractivity contribution in [1.82, 2.24) is 20.6 Å². The summed E-state index contributed by atoms with van der Waals surface area (Å²) in [6.45, 7) is 2.63. The molecule has 0 radical (unpaired) electrons. The Labute approximate surface area is 143 Å². The van der Waals surface area contributed by atoms with Crippen molar-refractivity contribution in [3.05, 3.63) is 54.5 Å². The van der Waals surface area contributed by atoms with Gasteiger partial charge in [-0.3, -0.25) is 9.98 Å². The molecule has 2 heterocycles. The molecule has 0 aromatic carbocycles. The molecule has 6 nitrogen and oxygen atoms in total. The largest absolute Gasteiger partial charge is 0.370 e. The maximum atomic E-state index is 4.31. The third-order valence-electron chi connectivity index (χ3n) is 3.49. The van der Waals surface area contributed by atoms with E-state index in [1.807, 2.05) is 42.6 Å². The van der Waals surface area contributed by atoms with Gasteiger partial charge in [-0.1, -0.05) is 12.1 Å². The summed E-state index contributed by atoms with van der Waals surface area (Å²) >= 11 is 0. The minimum atomic E-state index is 0.817. The summed E-state index contributed by atoms with van der Waals surface area (Å²) in [6.07, 6.45) is 6.65. The Hall–Kier alpha value is -2.63. The van der Waals surface area contributed by atoms with E-state index in [9.17, 15) is 0 Å². The van der Waals surface area contributed by atoms with Crippen LogP contribution < -0.4 is 16.0 Å². The Morgan fingerprint density at radius 1 is 0.917 bits per heavy atom. The highest BCUT2D eigenvalue weighted by Gasteiger charge is 1.98. The first-order valence-electron chi connectivity index (χ1n) is 8.38. The highest BCUT2D eigenvalue weighted by Crippen LogP contribution is 2.00. The van der Waals surface area contributed by atoms with Gasteiger partial charge in [0.05, 0.1) is 0 Å². The van der Waals surface area contributed by atoms with Crippen molar-refractivity contribution in [2.24, 2.45) is 4.99 Å². The topological polar surface area (TPSA) is 74.2 Å². The fourth-order valence-corrected chi connectivity index (χ4v) is 2.22. The van der Waals surface area contributed by atoms with E-state index in [1.165, 1.54) is 0 Å². The first-order valence-corrected chi connectivity index (χ1v) is 8.38. The summed E-state index contributed by atoms with van der Waals surface area (Å²) in [7, 11) is 1.79. The summed E-state index contributed by atoms with van der Waals surface area (Å²) in [5, 5.41) is 9.94. The molecular weight excluding hydrogens is 300 g/mol. The van der Waals surface area contributed by atoms with E-state index in [-0.39, 0.29) is 0 Å². The minimum absolute atomic E-state index is 0.817. The predicted molar refractivity (Wildman–Crippen MR) is 99.3 cm³/mol. The fourth-order valence-electron chi connectivity index (χ4n) is 2.22. The molecule has 2 rings (SSSR count). The van der Waals surface area contributed by atoms with Gasteiger partial charge in [-0.15, -0.1) is 0 Å². The molecule has 0 saturated carbocycles. The number of aliphatic imine (C=N–C) groups is 1. The molecule has 6 heteroatoms. The number of guanidine groups is 1. The summed E-state index contributed by atoms with van der Waals surface area (Å²) in [6, 6.07) is 11.9. The quantitative estimate of drug-likeness (QED) is 0.374. The summed E-state index contributed by atoms with van der Waals surface area (Å²) in [4.78, 5) is 12.8. The Morgan fingerprint density at radius 2 is 1.67 bits per heavy atom. The number of unbranched alkanes of at least 4 members (excludes halogenated alkanes) is 1. The van der Waals surface area contributed by atoms with E-state index in [0.29, 0.717) is 0 Å². The monoisotopic (exact) mass is 326 g/mol. The highest BCUT2D eigenvalue weighted by atomic mass is 15.2. The van der Waals surface area contributed by atoms with Gasteiger partial charge in [0.2, 0.25) is 0 Å². The van der Waals surface area contributed by atoms with Gasteiger partial charge in [-0.2, -0.15) is 0 Å². The number of hydrogen-bond donors (Lipinski definition) is 3. The third kappa shape index (κ3) is 7.09. The molecule has 0 bridgehead atoms. The van der Waals surface area contributed by atoms with Crippen molar-refractivity contribution in [2.45, 2.75) is 19.3 Å². The van der Waals surface area contributed by atoms with Crippen LogP contribution in [0.5, 0.6) is 0 Å². The molecule has 0 aliphatic heterocycles. The maximum absolute atomic E-state index is 4.31. The molecule has 0 fully saturated rings. The van der Waals surface area contributed by atoms with E-state index >= 15 is 0 Å². The smallest absolute Gasteiger partial charge is 0.190 e. The summed E-state index contributed by atoms with van der Waals surface area (Å²) in [5.41, 5.74) is 1.08. The number of rotatable bonds is 9. The van der Waals surface area contributed by atoms with Crippen molar-refractivity contribution < 1.29 is 0 Å². The second-order valence-electron chi connectivity index (χ2n) is 5.35. The minimum Gasteiger partial charge on any atom is -0.370 e. The van der Waals surface area contributed by atoms with Crippen molar-refractivity contribution >= 4 is 11.8 Å². The molecular formula is C18H26N6. The molecule has 2 aromatic rings. The predicted octanol–water partition coefficient (Wildman–Crippen LogP) is 2.08. The van der Waals surface area contributed by atoms with Crippen molar-refractivity contribution in [3.63, 3.8) is 0 Å². The van der Waals surface area contributed by atoms with Crippen LogP contribution in [0.15, 0.2) is 53.8 Å². The normalized spacial score (nSPS) is 11.1. The fraction of sp³-hybridized carbons (Fsp3) is 0.389. The number of nitrogens with one attached hydrogen (secondary N) is 3. The molecule has 0 amide bonds. The van der Waals surface area contributed by atoms with Crippen LogP contribution in [0.4, 0.5) is 5.82 Å². The molecule has 0 spiro atoms.